The number of nitrogens with one attached hydrogen (secondary N) is 1. The molecule has 2 saturated heterocycles. The second kappa shape index (κ2) is 11.1. The Hall–Kier alpha value is -1.24. The van der Waals surface area contributed by atoms with Crippen LogP contribution in [-0.4, -0.2) is 80.0 Å². The number of thioether (sulfide) groups is 1. The van der Waals surface area contributed by atoms with Gasteiger partial charge < -0.3 is 15.0 Å². The van der Waals surface area contributed by atoms with Gasteiger partial charge in [0.15, 0.2) is 5.96 Å². The number of hydrogen-bond acceptors (Lipinski definition) is 4. The van der Waals surface area contributed by atoms with Crippen molar-refractivity contribution < 1.29 is 4.74 Å². The maximum atomic E-state index is 5.82. The van der Waals surface area contributed by atoms with Crippen molar-refractivity contribution in [3.8, 4) is 0 Å². The summed E-state index contributed by atoms with van der Waals surface area (Å²) in [7, 11) is 1.90. The Kier molecular flexibility index (Phi) is 8.49. The predicted molar refractivity (Wildman–Crippen MR) is 119 cm³/mol. The molecule has 5 nitrogen and oxygen atoms in total. The van der Waals surface area contributed by atoms with Gasteiger partial charge in [0.05, 0.1) is 12.2 Å². The molecule has 0 radical (unpaired) electrons. The van der Waals surface area contributed by atoms with Gasteiger partial charge in [0, 0.05) is 57.0 Å². The zero-order valence-electron chi connectivity index (χ0n) is 17.6. The van der Waals surface area contributed by atoms with Crippen LogP contribution < -0.4 is 5.32 Å². The molecule has 3 unspecified atom stereocenters. The maximum absolute atomic E-state index is 5.82. The number of ether oxygens (including phenoxy) is 1. The number of morpholine rings is 1. The summed E-state index contributed by atoms with van der Waals surface area (Å²) in [5, 5.41) is 3.58. The largest absolute Gasteiger partial charge is 0.373 e. The van der Waals surface area contributed by atoms with Crippen LogP contribution in [0.3, 0.4) is 0 Å². The van der Waals surface area contributed by atoms with Gasteiger partial charge in [-0.2, -0.15) is 0 Å². The number of hydrogen-bond donors (Lipinski definition) is 1. The van der Waals surface area contributed by atoms with Gasteiger partial charge in [-0.15, -0.1) is 11.8 Å². The van der Waals surface area contributed by atoms with Crippen molar-refractivity contribution in [2.45, 2.75) is 43.8 Å². The molecule has 0 spiro atoms. The second-order valence-corrected chi connectivity index (χ2v) is 9.16. The number of guanidine groups is 1. The minimum Gasteiger partial charge on any atom is -0.373 e. The van der Waals surface area contributed by atoms with Crippen LogP contribution in [0.4, 0.5) is 0 Å². The van der Waals surface area contributed by atoms with Crippen molar-refractivity contribution in [3.63, 3.8) is 0 Å². The molecule has 0 saturated carbocycles. The van der Waals surface area contributed by atoms with Gasteiger partial charge in [0.2, 0.25) is 0 Å². The van der Waals surface area contributed by atoms with Crippen LogP contribution in [0.15, 0.2) is 40.2 Å². The Labute approximate surface area is 174 Å². The molecular formula is C22H36N4OS. The van der Waals surface area contributed by atoms with Crippen molar-refractivity contribution in [2.24, 2.45) is 10.9 Å². The maximum Gasteiger partial charge on any atom is 0.193 e. The summed E-state index contributed by atoms with van der Waals surface area (Å²) in [5.41, 5.74) is 0. The minimum atomic E-state index is 0.347. The zero-order chi connectivity index (χ0) is 19.8. The fraction of sp³-hybridized carbons (Fsp3) is 0.682. The van der Waals surface area contributed by atoms with Gasteiger partial charge in [-0.3, -0.25) is 9.89 Å². The van der Waals surface area contributed by atoms with Gasteiger partial charge in [-0.25, -0.2) is 0 Å². The molecule has 2 aliphatic heterocycles. The quantitative estimate of drug-likeness (QED) is 0.327. The number of likely N-dealkylation sites (tertiary alicyclic amines) is 1. The molecule has 6 heteroatoms. The lowest BCUT2D eigenvalue weighted by atomic mass is 10.2. The van der Waals surface area contributed by atoms with E-state index in [2.05, 4.69) is 64.3 Å². The Bertz CT molecular complexity index is 602. The lowest BCUT2D eigenvalue weighted by molar-refractivity contribution is -0.0679. The monoisotopic (exact) mass is 404 g/mol. The Morgan fingerprint density at radius 1 is 1.18 bits per heavy atom. The number of aliphatic imine (C=N–C) groups is 1. The second-order valence-electron chi connectivity index (χ2n) is 8.07. The lowest BCUT2D eigenvalue weighted by Gasteiger charge is -2.35. The van der Waals surface area contributed by atoms with E-state index in [4.69, 9.17) is 4.74 Å². The smallest absolute Gasteiger partial charge is 0.193 e. The highest BCUT2D eigenvalue weighted by molar-refractivity contribution is 7.99. The average molecular weight is 405 g/mol. The van der Waals surface area contributed by atoms with Crippen LogP contribution in [-0.2, 0) is 4.74 Å². The Balaban J connectivity index is 1.34. The molecule has 2 heterocycles. The van der Waals surface area contributed by atoms with E-state index in [1.54, 1.807) is 0 Å². The first-order chi connectivity index (χ1) is 13.6. The molecule has 1 aromatic rings. The minimum absolute atomic E-state index is 0.347. The summed E-state index contributed by atoms with van der Waals surface area (Å²) in [4.78, 5) is 10.8. The van der Waals surface area contributed by atoms with Crippen LogP contribution in [0.1, 0.15) is 26.7 Å². The van der Waals surface area contributed by atoms with E-state index in [9.17, 15) is 0 Å². The van der Waals surface area contributed by atoms with E-state index in [1.807, 2.05) is 18.8 Å². The lowest BCUT2D eigenvalue weighted by Crippen LogP contribution is -2.46. The first kappa shape index (κ1) is 21.5. The van der Waals surface area contributed by atoms with Gasteiger partial charge in [-0.05, 0) is 44.7 Å². The molecule has 0 aliphatic carbocycles. The molecule has 1 aromatic carbocycles. The van der Waals surface area contributed by atoms with E-state index >= 15 is 0 Å². The molecule has 3 atom stereocenters. The number of benzene rings is 1. The fourth-order valence-corrected chi connectivity index (χ4v) is 5.24. The SMILES string of the molecule is CN=C(NCCCN1CC(C)OC(C)C1)N1CCC(CSc2ccccc2)C1. The van der Waals surface area contributed by atoms with E-state index < -0.39 is 0 Å². The molecular weight excluding hydrogens is 368 g/mol. The van der Waals surface area contributed by atoms with E-state index in [0.29, 0.717) is 12.2 Å². The topological polar surface area (TPSA) is 40.1 Å². The van der Waals surface area contributed by atoms with Crippen molar-refractivity contribution in [3.05, 3.63) is 30.3 Å². The van der Waals surface area contributed by atoms with Gasteiger partial charge in [-0.1, -0.05) is 18.2 Å². The number of nitrogens with zero attached hydrogens (tertiary/aromatic N) is 3. The predicted octanol–water partition coefficient (Wildman–Crippen LogP) is 3.18. The van der Waals surface area contributed by atoms with Crippen LogP contribution in [0.2, 0.25) is 0 Å². The summed E-state index contributed by atoms with van der Waals surface area (Å²) in [6.07, 6.45) is 3.09. The van der Waals surface area contributed by atoms with Crippen molar-refractivity contribution in [2.75, 3.05) is 52.1 Å². The highest BCUT2D eigenvalue weighted by atomic mass is 32.2. The molecule has 156 valence electrons. The summed E-state index contributed by atoms with van der Waals surface area (Å²) < 4.78 is 5.82. The average Bonchev–Trinajstić information content (AvgIpc) is 3.15. The molecule has 28 heavy (non-hydrogen) atoms. The van der Waals surface area contributed by atoms with Crippen molar-refractivity contribution >= 4 is 17.7 Å². The van der Waals surface area contributed by atoms with Crippen LogP contribution >= 0.6 is 11.8 Å². The summed E-state index contributed by atoms with van der Waals surface area (Å²) in [6, 6.07) is 10.7. The molecule has 3 rings (SSSR count). The first-order valence-corrected chi connectivity index (χ1v) is 11.6. The first-order valence-electron chi connectivity index (χ1n) is 10.6. The highest BCUT2D eigenvalue weighted by Gasteiger charge is 2.25. The van der Waals surface area contributed by atoms with E-state index in [-0.39, 0.29) is 0 Å². The third kappa shape index (κ3) is 6.68. The Morgan fingerprint density at radius 2 is 1.93 bits per heavy atom. The van der Waals surface area contributed by atoms with Crippen LogP contribution in [0.5, 0.6) is 0 Å². The summed E-state index contributed by atoms with van der Waals surface area (Å²) in [6.45, 7) is 10.8. The third-order valence-corrected chi connectivity index (χ3v) is 6.70. The third-order valence-electron chi connectivity index (χ3n) is 5.46. The van der Waals surface area contributed by atoms with Crippen LogP contribution in [0.25, 0.3) is 0 Å². The van der Waals surface area contributed by atoms with Gasteiger partial charge in [0.25, 0.3) is 0 Å². The molecule has 2 fully saturated rings. The Morgan fingerprint density at radius 3 is 2.64 bits per heavy atom. The fourth-order valence-electron chi connectivity index (χ4n) is 4.19. The molecule has 0 amide bonds. The number of rotatable bonds is 7. The molecule has 0 aromatic heterocycles. The van der Waals surface area contributed by atoms with Crippen molar-refractivity contribution in [1.29, 1.82) is 0 Å². The normalized spacial score (nSPS) is 26.6. The standard InChI is InChI=1S/C22H36N4OS/c1-18-14-25(15-19(2)27-18)12-7-11-24-22(23-3)26-13-10-20(16-26)17-28-21-8-5-4-6-9-21/h4-6,8-9,18-20H,7,10-17H2,1-3H3,(H,23,24). The van der Waals surface area contributed by atoms with Crippen LogP contribution in [0, 0.1) is 5.92 Å². The van der Waals surface area contributed by atoms with E-state index in [1.165, 1.54) is 17.1 Å². The van der Waals surface area contributed by atoms with Crippen molar-refractivity contribution in [1.82, 2.24) is 15.1 Å². The molecule has 2 aliphatic rings. The van der Waals surface area contributed by atoms with Gasteiger partial charge in [0.1, 0.15) is 0 Å². The zero-order valence-corrected chi connectivity index (χ0v) is 18.5. The summed E-state index contributed by atoms with van der Waals surface area (Å²) >= 11 is 1.97. The highest BCUT2D eigenvalue weighted by Crippen LogP contribution is 2.25. The molecule has 0 bridgehead atoms. The molecule has 1 N–H and O–H groups in total. The summed E-state index contributed by atoms with van der Waals surface area (Å²) in [5.74, 6) is 2.99. The van der Waals surface area contributed by atoms with E-state index in [0.717, 1.165) is 57.6 Å². The van der Waals surface area contributed by atoms with Gasteiger partial charge >= 0.3 is 0 Å².